The molecule has 0 unspecified atom stereocenters. The van der Waals surface area contributed by atoms with Crippen LogP contribution in [-0.2, 0) is 21.1 Å². The Balaban J connectivity index is 1.29. The maximum absolute atomic E-state index is 11.9. The van der Waals surface area contributed by atoms with Gasteiger partial charge in [0.2, 0.25) is 5.95 Å². The monoisotopic (exact) mass is 524 g/mol. The lowest BCUT2D eigenvalue weighted by Gasteiger charge is -2.48. The first-order chi connectivity index (χ1) is 17.7. The van der Waals surface area contributed by atoms with E-state index in [9.17, 15) is 8.42 Å². The molecule has 2 aromatic rings. The van der Waals surface area contributed by atoms with Crippen LogP contribution < -0.4 is 14.7 Å². The van der Waals surface area contributed by atoms with Gasteiger partial charge in [-0.1, -0.05) is 13.8 Å². The normalized spacial score (nSPS) is 27.0. The smallest absolute Gasteiger partial charge is 0.227 e. The Kier molecular flexibility index (Phi) is 6.14. The van der Waals surface area contributed by atoms with Gasteiger partial charge in [-0.3, -0.25) is 0 Å². The number of sulfone groups is 1. The first-order valence-corrected chi connectivity index (χ1v) is 15.3. The van der Waals surface area contributed by atoms with Crippen molar-refractivity contribution in [1.29, 1.82) is 0 Å². The number of aromatic nitrogens is 3. The molecule has 0 spiro atoms. The van der Waals surface area contributed by atoms with Gasteiger partial charge in [0.05, 0.1) is 31.6 Å². The first-order valence-electron chi connectivity index (χ1n) is 13.3. The first kappa shape index (κ1) is 24.6. The minimum Gasteiger partial charge on any atom is -0.379 e. The van der Waals surface area contributed by atoms with E-state index in [1.165, 1.54) is 22.9 Å². The molecule has 10 heteroatoms. The topological polar surface area (TPSA) is 91.8 Å². The number of nitrogens with zero attached hydrogens (tertiary/aromatic N) is 6. The molecular formula is C27H36N6O3S. The van der Waals surface area contributed by atoms with Crippen molar-refractivity contribution in [3.8, 4) is 0 Å². The lowest BCUT2D eigenvalue weighted by molar-refractivity contribution is 0.179. The Hall–Kier alpha value is -2.72. The molecule has 0 saturated carbocycles. The summed E-state index contributed by atoms with van der Waals surface area (Å²) < 4.78 is 29.5. The largest absolute Gasteiger partial charge is 0.379 e. The maximum Gasteiger partial charge on any atom is 0.227 e. The minimum absolute atomic E-state index is 0.123. The van der Waals surface area contributed by atoms with Crippen molar-refractivity contribution in [2.45, 2.75) is 51.7 Å². The minimum atomic E-state index is -3.01. The van der Waals surface area contributed by atoms with Crippen LogP contribution in [0.4, 0.5) is 17.6 Å². The van der Waals surface area contributed by atoms with Crippen molar-refractivity contribution in [3.05, 3.63) is 41.4 Å². The molecule has 37 heavy (non-hydrogen) atoms. The second-order valence-electron chi connectivity index (χ2n) is 11.3. The number of hydrogen-bond donors (Lipinski definition) is 0. The SMILES string of the molecule is CC(C)c1cnc(N2C[C@H](CS(C)(=O)=O)[C@H]2C)c2c1C=CN(c1ccnc(N3CC[C@@H]4COC[C@@H]43)n1)C2. The van der Waals surface area contributed by atoms with Crippen molar-refractivity contribution < 1.29 is 13.2 Å². The number of ether oxygens (including phenoxy) is 1. The van der Waals surface area contributed by atoms with Gasteiger partial charge in [0, 0.05) is 61.4 Å². The van der Waals surface area contributed by atoms with Crippen LogP contribution in [0, 0.1) is 11.8 Å². The molecule has 2 aromatic heterocycles. The molecule has 4 aliphatic heterocycles. The van der Waals surface area contributed by atoms with E-state index in [1.54, 1.807) is 0 Å². The third-order valence-corrected chi connectivity index (χ3v) is 9.52. The highest BCUT2D eigenvalue weighted by molar-refractivity contribution is 7.90. The van der Waals surface area contributed by atoms with Gasteiger partial charge in [-0.2, -0.15) is 4.98 Å². The summed E-state index contributed by atoms with van der Waals surface area (Å²) in [4.78, 5) is 21.2. The van der Waals surface area contributed by atoms with Gasteiger partial charge in [-0.15, -0.1) is 0 Å². The predicted octanol–water partition coefficient (Wildman–Crippen LogP) is 3.08. The van der Waals surface area contributed by atoms with E-state index in [0.29, 0.717) is 31.0 Å². The molecule has 3 fully saturated rings. The van der Waals surface area contributed by atoms with E-state index < -0.39 is 9.84 Å². The molecule has 4 aliphatic rings. The average Bonchev–Trinajstić information content (AvgIpc) is 3.49. The van der Waals surface area contributed by atoms with E-state index in [-0.39, 0.29) is 17.7 Å². The summed E-state index contributed by atoms with van der Waals surface area (Å²) in [5.74, 6) is 3.84. The van der Waals surface area contributed by atoms with Crippen molar-refractivity contribution in [1.82, 2.24) is 15.0 Å². The Morgan fingerprint density at radius 1 is 1.19 bits per heavy atom. The molecule has 0 bridgehead atoms. The van der Waals surface area contributed by atoms with Crippen LogP contribution in [0.5, 0.6) is 0 Å². The fourth-order valence-corrected chi connectivity index (χ4v) is 7.45. The van der Waals surface area contributed by atoms with Gasteiger partial charge in [-0.25, -0.2) is 18.4 Å². The van der Waals surface area contributed by atoms with Crippen molar-refractivity contribution >= 4 is 33.5 Å². The van der Waals surface area contributed by atoms with Gasteiger partial charge < -0.3 is 19.4 Å². The quantitative estimate of drug-likeness (QED) is 0.565. The Morgan fingerprint density at radius 3 is 2.78 bits per heavy atom. The van der Waals surface area contributed by atoms with Crippen LogP contribution in [0.3, 0.4) is 0 Å². The third-order valence-electron chi connectivity index (χ3n) is 8.48. The van der Waals surface area contributed by atoms with Crippen LogP contribution in [0.25, 0.3) is 6.08 Å². The molecule has 9 nitrogen and oxygen atoms in total. The molecule has 4 atom stereocenters. The fourth-order valence-electron chi connectivity index (χ4n) is 6.29. The van der Waals surface area contributed by atoms with Crippen molar-refractivity contribution in [3.63, 3.8) is 0 Å². The third kappa shape index (κ3) is 4.48. The summed E-state index contributed by atoms with van der Waals surface area (Å²) in [6, 6.07) is 2.45. The summed E-state index contributed by atoms with van der Waals surface area (Å²) in [5, 5.41) is 0. The molecule has 198 valence electrons. The van der Waals surface area contributed by atoms with E-state index in [2.05, 4.69) is 52.7 Å². The van der Waals surface area contributed by atoms with Crippen LogP contribution in [0.1, 0.15) is 49.8 Å². The highest BCUT2D eigenvalue weighted by atomic mass is 32.2. The molecule has 0 aliphatic carbocycles. The average molecular weight is 525 g/mol. The van der Waals surface area contributed by atoms with Gasteiger partial charge in [0.1, 0.15) is 21.5 Å². The molecule has 0 aromatic carbocycles. The summed E-state index contributed by atoms with van der Waals surface area (Å²) in [6.45, 7) is 10.4. The second-order valence-corrected chi connectivity index (χ2v) is 13.5. The highest BCUT2D eigenvalue weighted by Gasteiger charge is 2.41. The predicted molar refractivity (Wildman–Crippen MR) is 146 cm³/mol. The van der Waals surface area contributed by atoms with Crippen LogP contribution in [0.15, 0.2) is 24.7 Å². The second kappa shape index (κ2) is 9.23. The molecule has 3 saturated heterocycles. The van der Waals surface area contributed by atoms with Gasteiger partial charge in [-0.05, 0) is 42.5 Å². The number of fused-ring (bicyclic) bond motifs is 2. The van der Waals surface area contributed by atoms with Crippen LogP contribution in [-0.4, -0.2) is 73.8 Å². The Bertz CT molecular complexity index is 1330. The molecule has 6 rings (SSSR count). The summed E-state index contributed by atoms with van der Waals surface area (Å²) in [7, 11) is -3.01. The van der Waals surface area contributed by atoms with Crippen molar-refractivity contribution in [2.24, 2.45) is 11.8 Å². The van der Waals surface area contributed by atoms with Gasteiger partial charge in [0.25, 0.3) is 0 Å². The van der Waals surface area contributed by atoms with Gasteiger partial charge in [0.15, 0.2) is 0 Å². The molecule has 0 N–H and O–H groups in total. The Labute approximate surface area is 219 Å². The van der Waals surface area contributed by atoms with E-state index in [4.69, 9.17) is 14.7 Å². The summed E-state index contributed by atoms with van der Waals surface area (Å²) in [5.41, 5.74) is 3.61. The summed E-state index contributed by atoms with van der Waals surface area (Å²) in [6.07, 6.45) is 10.6. The number of hydrogen-bond acceptors (Lipinski definition) is 9. The van der Waals surface area contributed by atoms with Crippen LogP contribution in [0.2, 0.25) is 0 Å². The molecule has 6 heterocycles. The van der Waals surface area contributed by atoms with E-state index >= 15 is 0 Å². The van der Waals surface area contributed by atoms with E-state index in [1.807, 2.05) is 18.5 Å². The fraction of sp³-hybridized carbons (Fsp3) is 0.593. The zero-order valence-electron chi connectivity index (χ0n) is 22.0. The number of pyridine rings is 1. The highest BCUT2D eigenvalue weighted by Crippen LogP contribution is 2.40. The molecular weight excluding hydrogens is 488 g/mol. The number of rotatable bonds is 6. The summed E-state index contributed by atoms with van der Waals surface area (Å²) >= 11 is 0. The van der Waals surface area contributed by atoms with Gasteiger partial charge >= 0.3 is 0 Å². The standard InChI is InChI=1S/C27H36N6O3S/c1-17(2)22-11-29-26(33-12-20(18(33)3)16-37(4,34)35)23-13-31(9-7-21(22)23)25-5-8-28-27(30-25)32-10-6-19-14-36-15-24(19)32/h5,7-9,11,17-20,24H,6,10,12-16H2,1-4H3/t18-,19-,20-,24+/m1/s1. The maximum atomic E-state index is 11.9. The molecule has 0 radical (unpaired) electrons. The molecule has 0 amide bonds. The van der Waals surface area contributed by atoms with Crippen LogP contribution >= 0.6 is 0 Å². The van der Waals surface area contributed by atoms with E-state index in [0.717, 1.165) is 43.8 Å². The zero-order valence-corrected chi connectivity index (χ0v) is 22.9. The Morgan fingerprint density at radius 2 is 2.03 bits per heavy atom. The van der Waals surface area contributed by atoms with Crippen molar-refractivity contribution in [2.75, 3.05) is 53.0 Å². The lowest BCUT2D eigenvalue weighted by Crippen LogP contribution is -2.57. The lowest BCUT2D eigenvalue weighted by atomic mass is 9.88. The zero-order chi connectivity index (χ0) is 25.9. The number of anilines is 3.